The van der Waals surface area contributed by atoms with E-state index in [1.54, 1.807) is 0 Å². The lowest BCUT2D eigenvalue weighted by Crippen LogP contribution is -2.48. The van der Waals surface area contributed by atoms with Crippen LogP contribution in [0.4, 0.5) is 0 Å². The van der Waals surface area contributed by atoms with Crippen molar-refractivity contribution < 1.29 is 4.79 Å². The van der Waals surface area contributed by atoms with Gasteiger partial charge in [-0.1, -0.05) is 26.7 Å². The van der Waals surface area contributed by atoms with Crippen LogP contribution in [0.5, 0.6) is 0 Å². The fourth-order valence-corrected chi connectivity index (χ4v) is 2.84. The molecule has 18 heavy (non-hydrogen) atoms. The summed E-state index contributed by atoms with van der Waals surface area (Å²) in [5.74, 6) is 0.821. The second-order valence-electron chi connectivity index (χ2n) is 5.50. The fourth-order valence-electron chi connectivity index (χ4n) is 2.84. The molecule has 0 spiro atoms. The maximum Gasteiger partial charge on any atom is 0.237 e. The van der Waals surface area contributed by atoms with Gasteiger partial charge in [0.1, 0.15) is 0 Å². The first-order valence-electron chi connectivity index (χ1n) is 7.27. The zero-order chi connectivity index (χ0) is 13.5. The smallest absolute Gasteiger partial charge is 0.237 e. The van der Waals surface area contributed by atoms with Crippen LogP contribution in [-0.2, 0) is 4.79 Å². The largest absolute Gasteiger partial charge is 0.353 e. The molecule has 0 aromatic carbocycles. The van der Waals surface area contributed by atoms with Gasteiger partial charge in [0, 0.05) is 12.6 Å². The van der Waals surface area contributed by atoms with E-state index in [4.69, 9.17) is 0 Å². The predicted octanol–water partition coefficient (Wildman–Crippen LogP) is 1.22. The minimum Gasteiger partial charge on any atom is -0.353 e. The normalized spacial score (nSPS) is 21.6. The molecule has 1 aliphatic rings. The molecule has 0 radical (unpaired) electrons. The second-order valence-corrected chi connectivity index (χ2v) is 5.50. The Labute approximate surface area is 111 Å². The molecule has 1 amide bonds. The van der Waals surface area contributed by atoms with E-state index in [2.05, 4.69) is 43.5 Å². The van der Waals surface area contributed by atoms with Gasteiger partial charge in [-0.2, -0.15) is 0 Å². The summed E-state index contributed by atoms with van der Waals surface area (Å²) in [4.78, 5) is 14.2. The lowest BCUT2D eigenvalue weighted by molar-refractivity contribution is -0.123. The Morgan fingerprint density at radius 1 is 1.39 bits per heavy atom. The Morgan fingerprint density at radius 2 is 2.06 bits per heavy atom. The molecule has 4 nitrogen and oxygen atoms in total. The average molecular weight is 255 g/mol. The van der Waals surface area contributed by atoms with Crippen LogP contribution in [0.3, 0.4) is 0 Å². The summed E-state index contributed by atoms with van der Waals surface area (Å²) in [6.45, 7) is 6.19. The van der Waals surface area contributed by atoms with Crippen LogP contribution >= 0.6 is 0 Å². The number of rotatable bonds is 7. The molecule has 4 heteroatoms. The third-order valence-corrected chi connectivity index (χ3v) is 4.12. The maximum atomic E-state index is 12.0. The molecule has 1 saturated heterocycles. The molecular formula is C14H29N3O. The number of nitrogens with one attached hydrogen (secondary N) is 2. The van der Waals surface area contributed by atoms with Gasteiger partial charge >= 0.3 is 0 Å². The SMILES string of the molecule is CCC(CC)C(CNC(=O)C1CCCN1)N(C)C. The molecule has 2 unspecified atom stereocenters. The molecular weight excluding hydrogens is 226 g/mol. The van der Waals surface area contributed by atoms with Crippen molar-refractivity contribution in [1.82, 2.24) is 15.5 Å². The van der Waals surface area contributed by atoms with Crippen molar-refractivity contribution in [2.75, 3.05) is 27.2 Å². The monoisotopic (exact) mass is 255 g/mol. The maximum absolute atomic E-state index is 12.0. The molecule has 1 fully saturated rings. The summed E-state index contributed by atoms with van der Waals surface area (Å²) in [6.07, 6.45) is 4.42. The second kappa shape index (κ2) is 7.74. The zero-order valence-corrected chi connectivity index (χ0v) is 12.3. The topological polar surface area (TPSA) is 44.4 Å². The standard InChI is InChI=1S/C14H29N3O/c1-5-11(6-2)13(17(3)4)10-16-14(18)12-8-7-9-15-12/h11-13,15H,5-10H2,1-4H3,(H,16,18). The highest BCUT2D eigenvalue weighted by atomic mass is 16.2. The highest BCUT2D eigenvalue weighted by molar-refractivity contribution is 5.82. The van der Waals surface area contributed by atoms with E-state index in [0.29, 0.717) is 12.0 Å². The van der Waals surface area contributed by atoms with E-state index >= 15 is 0 Å². The molecule has 1 heterocycles. The Morgan fingerprint density at radius 3 is 2.50 bits per heavy atom. The minimum absolute atomic E-state index is 0.0366. The molecule has 0 aromatic heterocycles. The van der Waals surface area contributed by atoms with Gasteiger partial charge in [-0.15, -0.1) is 0 Å². The van der Waals surface area contributed by atoms with Gasteiger partial charge < -0.3 is 15.5 Å². The molecule has 2 atom stereocenters. The third-order valence-electron chi connectivity index (χ3n) is 4.12. The molecule has 0 bridgehead atoms. The summed E-state index contributed by atoms with van der Waals surface area (Å²) in [7, 11) is 4.20. The van der Waals surface area contributed by atoms with Crippen molar-refractivity contribution in [2.45, 2.75) is 51.6 Å². The molecule has 2 N–H and O–H groups in total. The Bertz CT molecular complexity index is 245. The summed E-state index contributed by atoms with van der Waals surface area (Å²) in [6, 6.07) is 0.472. The highest BCUT2D eigenvalue weighted by Crippen LogP contribution is 2.16. The zero-order valence-electron chi connectivity index (χ0n) is 12.3. The number of likely N-dealkylation sites (N-methyl/N-ethyl adjacent to an activating group) is 1. The van der Waals surface area contributed by atoms with Crippen molar-refractivity contribution in [2.24, 2.45) is 5.92 Å². The van der Waals surface area contributed by atoms with E-state index in [9.17, 15) is 4.79 Å². The molecule has 0 aliphatic carbocycles. The van der Waals surface area contributed by atoms with Crippen LogP contribution in [0, 0.1) is 5.92 Å². The van der Waals surface area contributed by atoms with E-state index < -0.39 is 0 Å². The van der Waals surface area contributed by atoms with Crippen LogP contribution in [0.1, 0.15) is 39.5 Å². The summed E-state index contributed by atoms with van der Waals surface area (Å²) >= 11 is 0. The number of hydrogen-bond donors (Lipinski definition) is 2. The third kappa shape index (κ3) is 4.25. The van der Waals surface area contributed by atoms with Crippen LogP contribution in [0.25, 0.3) is 0 Å². The van der Waals surface area contributed by atoms with Crippen LogP contribution in [0.2, 0.25) is 0 Å². The van der Waals surface area contributed by atoms with E-state index in [-0.39, 0.29) is 11.9 Å². The number of amides is 1. The summed E-state index contributed by atoms with van der Waals surface area (Å²) in [5, 5.41) is 6.35. The Balaban J connectivity index is 2.43. The van der Waals surface area contributed by atoms with Crippen molar-refractivity contribution >= 4 is 5.91 Å². The first kappa shape index (κ1) is 15.4. The van der Waals surface area contributed by atoms with E-state index in [1.807, 2.05) is 0 Å². The molecule has 106 valence electrons. The van der Waals surface area contributed by atoms with Gasteiger partial charge in [0.2, 0.25) is 5.91 Å². The first-order chi connectivity index (χ1) is 8.60. The van der Waals surface area contributed by atoms with E-state index in [0.717, 1.165) is 38.8 Å². The number of hydrogen-bond acceptors (Lipinski definition) is 3. The van der Waals surface area contributed by atoms with Crippen molar-refractivity contribution in [3.05, 3.63) is 0 Å². The summed E-state index contributed by atoms with van der Waals surface area (Å²) < 4.78 is 0. The predicted molar refractivity (Wildman–Crippen MR) is 75.6 cm³/mol. The Kier molecular flexibility index (Phi) is 6.65. The highest BCUT2D eigenvalue weighted by Gasteiger charge is 2.25. The van der Waals surface area contributed by atoms with Crippen molar-refractivity contribution in [3.8, 4) is 0 Å². The van der Waals surface area contributed by atoms with Crippen LogP contribution < -0.4 is 10.6 Å². The van der Waals surface area contributed by atoms with Gasteiger partial charge in [0.15, 0.2) is 0 Å². The number of carbonyl (C=O) groups excluding carboxylic acids is 1. The molecule has 0 saturated carbocycles. The first-order valence-corrected chi connectivity index (χ1v) is 7.27. The molecule has 0 aromatic rings. The lowest BCUT2D eigenvalue weighted by atomic mass is 9.93. The molecule has 1 rings (SSSR count). The lowest BCUT2D eigenvalue weighted by Gasteiger charge is -2.31. The van der Waals surface area contributed by atoms with Gasteiger partial charge in [-0.05, 0) is 39.4 Å². The average Bonchev–Trinajstić information content (AvgIpc) is 2.87. The molecule has 1 aliphatic heterocycles. The number of carbonyl (C=O) groups is 1. The number of nitrogens with zero attached hydrogens (tertiary/aromatic N) is 1. The fraction of sp³-hybridized carbons (Fsp3) is 0.929. The minimum atomic E-state index is 0.0366. The van der Waals surface area contributed by atoms with Crippen LogP contribution in [-0.4, -0.2) is 50.1 Å². The summed E-state index contributed by atoms with van der Waals surface area (Å²) in [5.41, 5.74) is 0. The quantitative estimate of drug-likeness (QED) is 0.719. The van der Waals surface area contributed by atoms with Crippen molar-refractivity contribution in [1.29, 1.82) is 0 Å². The van der Waals surface area contributed by atoms with Gasteiger partial charge in [0.05, 0.1) is 6.04 Å². The van der Waals surface area contributed by atoms with Crippen molar-refractivity contribution in [3.63, 3.8) is 0 Å². The van der Waals surface area contributed by atoms with Gasteiger partial charge in [-0.3, -0.25) is 4.79 Å². The van der Waals surface area contributed by atoms with Gasteiger partial charge in [0.25, 0.3) is 0 Å². The Hall–Kier alpha value is -0.610. The van der Waals surface area contributed by atoms with E-state index in [1.165, 1.54) is 0 Å². The van der Waals surface area contributed by atoms with Gasteiger partial charge in [-0.25, -0.2) is 0 Å². The van der Waals surface area contributed by atoms with Crippen LogP contribution in [0.15, 0.2) is 0 Å².